The van der Waals surface area contributed by atoms with Crippen LogP contribution >= 0.6 is 0 Å². The summed E-state index contributed by atoms with van der Waals surface area (Å²) in [7, 11) is 0. The van der Waals surface area contributed by atoms with Gasteiger partial charge >= 0.3 is 5.97 Å². The van der Waals surface area contributed by atoms with Crippen LogP contribution in [0.2, 0.25) is 0 Å². The molecule has 0 aromatic carbocycles. The van der Waals surface area contributed by atoms with Crippen molar-refractivity contribution >= 4 is 17.8 Å². The first-order valence-corrected chi connectivity index (χ1v) is 11.5. The number of fused-ring (bicyclic) bond motifs is 1. The van der Waals surface area contributed by atoms with E-state index in [0.29, 0.717) is 13.0 Å². The molecule has 2 aliphatic rings. The van der Waals surface area contributed by atoms with Crippen LogP contribution < -0.4 is 5.32 Å². The molecule has 7 nitrogen and oxygen atoms in total. The van der Waals surface area contributed by atoms with Crippen LogP contribution in [-0.4, -0.2) is 59.6 Å². The van der Waals surface area contributed by atoms with Gasteiger partial charge in [-0.05, 0) is 32.1 Å². The summed E-state index contributed by atoms with van der Waals surface area (Å²) < 4.78 is 5.34. The van der Waals surface area contributed by atoms with E-state index < -0.39 is 29.8 Å². The Labute approximate surface area is 180 Å². The van der Waals surface area contributed by atoms with Crippen LogP contribution in [0.5, 0.6) is 0 Å². The third kappa shape index (κ3) is 4.88. The number of carbonyl (C=O) groups is 3. The van der Waals surface area contributed by atoms with Crippen molar-refractivity contribution in [1.82, 2.24) is 10.2 Å². The molecule has 0 unspecified atom stereocenters. The minimum Gasteiger partial charge on any atom is -0.466 e. The molecule has 1 heterocycles. The quantitative estimate of drug-likeness (QED) is 0.303. The first-order chi connectivity index (χ1) is 14.5. The van der Waals surface area contributed by atoms with E-state index in [4.69, 9.17) is 4.74 Å². The number of rotatable bonds is 11. The Morgan fingerprint density at radius 3 is 2.50 bits per heavy atom. The van der Waals surface area contributed by atoms with Gasteiger partial charge in [0, 0.05) is 12.5 Å². The molecule has 1 aliphatic carbocycles. The Balaban J connectivity index is 2.45. The van der Waals surface area contributed by atoms with Crippen LogP contribution in [0.1, 0.15) is 59.8 Å². The molecule has 1 saturated heterocycles. The fraction of sp³-hybridized carbons (Fsp3) is 0.783. The van der Waals surface area contributed by atoms with Crippen molar-refractivity contribution in [2.45, 2.75) is 71.9 Å². The molecule has 0 saturated carbocycles. The zero-order valence-electron chi connectivity index (χ0n) is 18.8. The second-order valence-corrected chi connectivity index (χ2v) is 8.30. The Hall–Kier alpha value is -1.89. The minimum atomic E-state index is -0.716. The number of ether oxygens (including phenoxy) is 1. The van der Waals surface area contributed by atoms with Gasteiger partial charge in [-0.15, -0.1) is 0 Å². The lowest BCUT2D eigenvalue weighted by molar-refractivity contribution is -0.156. The zero-order chi connectivity index (χ0) is 22.3. The van der Waals surface area contributed by atoms with Crippen molar-refractivity contribution < 1.29 is 24.2 Å². The summed E-state index contributed by atoms with van der Waals surface area (Å²) in [5, 5.41) is 12.9. The van der Waals surface area contributed by atoms with E-state index in [9.17, 15) is 19.5 Å². The molecule has 30 heavy (non-hydrogen) atoms. The Bertz CT molecular complexity index is 631. The standard InChI is InChI=1S/C23H38N2O5/c1-5-9-13-24-21(27)20-17-12-11-15(10-6-2)18(23(29)30-8-4)19(17)22(28)25(20)16(7-3)14-26/h11-12,15-20,26H,5-10,13-14H2,1-4H3,(H,24,27)/t15-,16+,17+,18-,19+,20+/m1/s1. The van der Waals surface area contributed by atoms with Crippen molar-refractivity contribution in [3.8, 4) is 0 Å². The number of nitrogens with one attached hydrogen (secondary N) is 1. The van der Waals surface area contributed by atoms with E-state index in [2.05, 4.69) is 5.32 Å². The van der Waals surface area contributed by atoms with Crippen LogP contribution in [0.3, 0.4) is 0 Å². The van der Waals surface area contributed by atoms with Gasteiger partial charge in [-0.1, -0.05) is 45.8 Å². The third-order valence-corrected chi connectivity index (χ3v) is 6.40. The number of esters is 1. The lowest BCUT2D eigenvalue weighted by Crippen LogP contribution is -2.52. The second kappa shape index (κ2) is 11.5. The predicted molar refractivity (Wildman–Crippen MR) is 114 cm³/mol. The zero-order valence-corrected chi connectivity index (χ0v) is 18.8. The van der Waals surface area contributed by atoms with E-state index in [0.717, 1.165) is 25.7 Å². The topological polar surface area (TPSA) is 95.9 Å². The lowest BCUT2D eigenvalue weighted by atomic mass is 9.69. The van der Waals surface area contributed by atoms with Gasteiger partial charge in [0.25, 0.3) is 0 Å². The maximum Gasteiger partial charge on any atom is 0.310 e. The summed E-state index contributed by atoms with van der Waals surface area (Å²) in [4.78, 5) is 41.2. The van der Waals surface area contributed by atoms with Crippen LogP contribution in [0.25, 0.3) is 0 Å². The number of aliphatic hydroxyl groups is 1. The third-order valence-electron chi connectivity index (χ3n) is 6.40. The van der Waals surface area contributed by atoms with Crippen molar-refractivity contribution in [2.75, 3.05) is 19.8 Å². The second-order valence-electron chi connectivity index (χ2n) is 8.30. The fourth-order valence-electron chi connectivity index (χ4n) is 4.91. The summed E-state index contributed by atoms with van der Waals surface area (Å²) in [6, 6.07) is -1.17. The molecule has 2 N–H and O–H groups in total. The van der Waals surface area contributed by atoms with Crippen LogP contribution in [-0.2, 0) is 19.1 Å². The van der Waals surface area contributed by atoms with E-state index >= 15 is 0 Å². The maximum absolute atomic E-state index is 13.6. The molecule has 7 heteroatoms. The molecule has 1 aliphatic heterocycles. The van der Waals surface area contributed by atoms with Gasteiger partial charge in [0.15, 0.2) is 0 Å². The van der Waals surface area contributed by atoms with Crippen molar-refractivity contribution in [2.24, 2.45) is 23.7 Å². The molecule has 2 amide bonds. The highest BCUT2D eigenvalue weighted by Gasteiger charge is 2.58. The molecular weight excluding hydrogens is 384 g/mol. The number of hydrogen-bond donors (Lipinski definition) is 2. The van der Waals surface area contributed by atoms with Crippen LogP contribution in [0.15, 0.2) is 12.2 Å². The smallest absolute Gasteiger partial charge is 0.310 e. The summed E-state index contributed by atoms with van der Waals surface area (Å²) in [5.41, 5.74) is 0. The van der Waals surface area contributed by atoms with E-state index in [1.165, 1.54) is 0 Å². The number of aliphatic hydroxyl groups excluding tert-OH is 1. The van der Waals surface area contributed by atoms with Gasteiger partial charge in [0.05, 0.1) is 31.1 Å². The van der Waals surface area contributed by atoms with E-state index in [1.54, 1.807) is 11.8 Å². The normalized spacial score (nSPS) is 28.9. The van der Waals surface area contributed by atoms with Gasteiger partial charge in [0.1, 0.15) is 6.04 Å². The first kappa shape index (κ1) is 24.4. The van der Waals surface area contributed by atoms with Crippen molar-refractivity contribution in [3.05, 3.63) is 12.2 Å². The Kier molecular flexibility index (Phi) is 9.34. The van der Waals surface area contributed by atoms with Gasteiger partial charge in [0.2, 0.25) is 11.8 Å². The number of hydrogen-bond acceptors (Lipinski definition) is 5. The van der Waals surface area contributed by atoms with Gasteiger partial charge < -0.3 is 20.1 Å². The van der Waals surface area contributed by atoms with Gasteiger partial charge in [-0.2, -0.15) is 0 Å². The Morgan fingerprint density at radius 1 is 1.20 bits per heavy atom. The van der Waals surface area contributed by atoms with E-state index in [-0.39, 0.29) is 36.9 Å². The molecule has 0 aromatic rings. The largest absolute Gasteiger partial charge is 0.466 e. The number of amides is 2. The molecule has 1 fully saturated rings. The number of unbranched alkanes of at least 4 members (excludes halogenated alkanes) is 1. The SMILES string of the molecule is CCCCNC(=O)[C@@H]1[C@H]2C=C[C@@H](CCC)[C@@H](C(=O)OCC)[C@H]2C(=O)N1[C@@H](CC)CO. The molecule has 0 radical (unpaired) electrons. The molecule has 2 rings (SSSR count). The number of carbonyl (C=O) groups excluding carboxylic acids is 3. The average Bonchev–Trinajstić information content (AvgIpc) is 3.02. The maximum atomic E-state index is 13.6. The summed E-state index contributed by atoms with van der Waals surface area (Å²) in [5.74, 6) is -2.52. The highest BCUT2D eigenvalue weighted by Crippen LogP contribution is 2.46. The Morgan fingerprint density at radius 2 is 1.93 bits per heavy atom. The monoisotopic (exact) mass is 422 g/mol. The molecule has 0 aromatic heterocycles. The minimum absolute atomic E-state index is 0.0859. The highest BCUT2D eigenvalue weighted by atomic mass is 16.5. The molecule has 6 atom stereocenters. The average molecular weight is 423 g/mol. The van der Waals surface area contributed by atoms with Crippen LogP contribution in [0, 0.1) is 23.7 Å². The predicted octanol–water partition coefficient (Wildman–Crippen LogP) is 2.28. The molecule has 0 bridgehead atoms. The fourth-order valence-corrected chi connectivity index (χ4v) is 4.91. The molecular formula is C23H38N2O5. The van der Waals surface area contributed by atoms with Gasteiger partial charge in [-0.25, -0.2) is 0 Å². The molecule has 170 valence electrons. The number of allylic oxidation sites excluding steroid dienone is 1. The summed E-state index contributed by atoms with van der Waals surface area (Å²) in [6.45, 7) is 8.33. The van der Waals surface area contributed by atoms with E-state index in [1.807, 2.05) is 32.9 Å². The van der Waals surface area contributed by atoms with Gasteiger partial charge in [-0.3, -0.25) is 14.4 Å². The summed E-state index contributed by atoms with van der Waals surface area (Å²) in [6.07, 6.45) is 7.96. The number of nitrogens with zero attached hydrogens (tertiary/aromatic N) is 1. The molecule has 0 spiro atoms. The van der Waals surface area contributed by atoms with Crippen molar-refractivity contribution in [1.29, 1.82) is 0 Å². The first-order valence-electron chi connectivity index (χ1n) is 11.5. The van der Waals surface area contributed by atoms with Crippen molar-refractivity contribution in [3.63, 3.8) is 0 Å². The number of likely N-dealkylation sites (tertiary alicyclic amines) is 1. The lowest BCUT2D eigenvalue weighted by Gasteiger charge is -2.34. The summed E-state index contributed by atoms with van der Waals surface area (Å²) >= 11 is 0. The highest BCUT2D eigenvalue weighted by molar-refractivity contribution is 5.96. The van der Waals surface area contributed by atoms with Crippen LogP contribution in [0.4, 0.5) is 0 Å².